The van der Waals surface area contributed by atoms with E-state index in [2.05, 4.69) is 6.58 Å². The first-order chi connectivity index (χ1) is 3.68. The average Bonchev–Trinajstić information content (AvgIpc) is 1.67. The van der Waals surface area contributed by atoms with E-state index in [1.165, 1.54) is 6.92 Å². The Balaban J connectivity index is 3.85. The second-order valence-electron chi connectivity index (χ2n) is 1.58. The molecule has 1 heteroatoms. The van der Waals surface area contributed by atoms with E-state index >= 15 is 0 Å². The molecular weight excluding hydrogens is 100 g/mol. The Bertz CT molecular complexity index is 131. The first kappa shape index (κ1) is 7.15. The largest absolute Gasteiger partial charge is 0.295 e. The van der Waals surface area contributed by atoms with Gasteiger partial charge in [-0.2, -0.15) is 0 Å². The number of allylic oxidation sites excluding steroid dienone is 3. The number of rotatable bonds is 2. The molecule has 0 aromatic rings. The molecule has 0 bridgehead atoms. The van der Waals surface area contributed by atoms with E-state index in [9.17, 15) is 4.79 Å². The predicted octanol–water partition coefficient (Wildman–Crippen LogP) is 1.71. The van der Waals surface area contributed by atoms with E-state index in [-0.39, 0.29) is 5.78 Å². The van der Waals surface area contributed by atoms with Crippen LogP contribution in [0.25, 0.3) is 0 Å². The van der Waals surface area contributed by atoms with Crippen molar-refractivity contribution in [1.29, 1.82) is 0 Å². The molecule has 0 spiro atoms. The minimum atomic E-state index is 0.0306. The van der Waals surface area contributed by atoms with Crippen molar-refractivity contribution in [3.63, 3.8) is 0 Å². The molecule has 0 fully saturated rings. The monoisotopic (exact) mass is 110 g/mol. The van der Waals surface area contributed by atoms with Gasteiger partial charge in [-0.05, 0) is 13.8 Å². The highest BCUT2D eigenvalue weighted by Crippen LogP contribution is 1.92. The quantitative estimate of drug-likeness (QED) is 0.390. The number of ketones is 1. The molecule has 0 atom stereocenters. The third kappa shape index (κ3) is 2.35. The lowest BCUT2D eigenvalue weighted by atomic mass is 10.2. The van der Waals surface area contributed by atoms with E-state index in [4.69, 9.17) is 0 Å². The molecular formula is C7H10O. The molecule has 0 aliphatic heterocycles. The summed E-state index contributed by atoms with van der Waals surface area (Å²) in [6, 6.07) is 0. The van der Waals surface area contributed by atoms with Gasteiger partial charge in [0.1, 0.15) is 0 Å². The van der Waals surface area contributed by atoms with Gasteiger partial charge in [0.15, 0.2) is 5.78 Å². The van der Waals surface area contributed by atoms with E-state index in [1.807, 2.05) is 6.92 Å². The minimum Gasteiger partial charge on any atom is -0.295 e. The highest BCUT2D eigenvalue weighted by molar-refractivity contribution is 5.95. The first-order valence-electron chi connectivity index (χ1n) is 2.51. The van der Waals surface area contributed by atoms with Gasteiger partial charge < -0.3 is 0 Å². The zero-order valence-corrected chi connectivity index (χ0v) is 5.27. The first-order valence-corrected chi connectivity index (χ1v) is 2.51. The molecule has 0 aromatic heterocycles. The molecule has 0 unspecified atom stereocenters. The summed E-state index contributed by atoms with van der Waals surface area (Å²) < 4.78 is 0. The van der Waals surface area contributed by atoms with Gasteiger partial charge in [-0.25, -0.2) is 0 Å². The molecule has 0 aromatic carbocycles. The fourth-order valence-electron chi connectivity index (χ4n) is 0.319. The van der Waals surface area contributed by atoms with Crippen molar-refractivity contribution in [2.75, 3.05) is 0 Å². The lowest BCUT2D eigenvalue weighted by Gasteiger charge is -1.86. The summed E-state index contributed by atoms with van der Waals surface area (Å²) in [4.78, 5) is 10.4. The second kappa shape index (κ2) is 3.19. The summed E-state index contributed by atoms with van der Waals surface area (Å²) in [6.45, 7) is 6.87. The van der Waals surface area contributed by atoms with Crippen molar-refractivity contribution in [2.24, 2.45) is 0 Å². The summed E-state index contributed by atoms with van der Waals surface area (Å²) in [5.41, 5.74) is 0.563. The Morgan fingerprint density at radius 1 is 1.62 bits per heavy atom. The summed E-state index contributed by atoms with van der Waals surface area (Å²) in [6.07, 6.45) is 3.49. The average molecular weight is 110 g/mol. The summed E-state index contributed by atoms with van der Waals surface area (Å²) >= 11 is 0. The highest BCUT2D eigenvalue weighted by atomic mass is 16.1. The molecule has 8 heavy (non-hydrogen) atoms. The van der Waals surface area contributed by atoms with Crippen LogP contribution in [0.1, 0.15) is 13.8 Å². The molecule has 44 valence electrons. The van der Waals surface area contributed by atoms with Crippen molar-refractivity contribution < 1.29 is 4.79 Å². The number of hydrogen-bond donors (Lipinski definition) is 0. The van der Waals surface area contributed by atoms with Gasteiger partial charge in [-0.1, -0.05) is 18.7 Å². The third-order valence-electron chi connectivity index (χ3n) is 0.820. The van der Waals surface area contributed by atoms with Crippen molar-refractivity contribution in [3.05, 3.63) is 24.3 Å². The van der Waals surface area contributed by atoms with Gasteiger partial charge in [0.05, 0.1) is 0 Å². The van der Waals surface area contributed by atoms with E-state index in [1.54, 1.807) is 12.2 Å². The highest BCUT2D eigenvalue weighted by Gasteiger charge is 1.90. The molecule has 1 nitrogen and oxygen atoms in total. The van der Waals surface area contributed by atoms with Crippen LogP contribution < -0.4 is 0 Å². The Morgan fingerprint density at radius 3 is 2.25 bits per heavy atom. The lowest BCUT2D eigenvalue weighted by molar-refractivity contribution is -0.113. The molecule has 0 aliphatic rings. The van der Waals surface area contributed by atoms with Gasteiger partial charge in [-0.15, -0.1) is 0 Å². The van der Waals surface area contributed by atoms with Gasteiger partial charge in [-0.3, -0.25) is 4.79 Å². The number of Topliss-reactive ketones (excluding diaryl/α,β-unsaturated/α-hetero) is 1. The number of carbonyl (C=O) groups excluding carboxylic acids is 1. The Labute approximate surface area is 49.7 Å². The van der Waals surface area contributed by atoms with Crippen LogP contribution in [-0.4, -0.2) is 5.78 Å². The second-order valence-corrected chi connectivity index (χ2v) is 1.58. The maximum absolute atomic E-state index is 10.4. The minimum absolute atomic E-state index is 0.0306. The third-order valence-corrected chi connectivity index (χ3v) is 0.820. The van der Waals surface area contributed by atoms with E-state index in [0.29, 0.717) is 5.57 Å². The fourth-order valence-corrected chi connectivity index (χ4v) is 0.319. The fraction of sp³-hybridized carbons (Fsp3) is 0.286. The van der Waals surface area contributed by atoms with Crippen LogP contribution in [0.4, 0.5) is 0 Å². The Hall–Kier alpha value is -0.850. The molecule has 0 rings (SSSR count). The maximum Gasteiger partial charge on any atom is 0.159 e. The van der Waals surface area contributed by atoms with Crippen LogP contribution >= 0.6 is 0 Å². The van der Waals surface area contributed by atoms with Crippen LogP contribution in [0, 0.1) is 0 Å². The standard InChI is InChI=1S/C7H10O/c1-4-5-6(2)7(3)8/h4-5H,2H2,1,3H3/b5-4+. The molecule has 0 radical (unpaired) electrons. The van der Waals surface area contributed by atoms with Gasteiger partial charge in [0, 0.05) is 5.57 Å². The zero-order chi connectivity index (χ0) is 6.57. The van der Waals surface area contributed by atoms with Crippen LogP contribution in [0.15, 0.2) is 24.3 Å². The Kier molecular flexibility index (Phi) is 2.85. The lowest BCUT2D eigenvalue weighted by Crippen LogP contribution is -1.88. The maximum atomic E-state index is 10.4. The predicted molar refractivity (Wildman–Crippen MR) is 34.6 cm³/mol. The number of carbonyl (C=O) groups is 1. The van der Waals surface area contributed by atoms with Gasteiger partial charge in [0.2, 0.25) is 0 Å². The molecule has 0 N–H and O–H groups in total. The van der Waals surface area contributed by atoms with Crippen molar-refractivity contribution in [1.82, 2.24) is 0 Å². The van der Waals surface area contributed by atoms with Crippen LogP contribution in [-0.2, 0) is 4.79 Å². The van der Waals surface area contributed by atoms with E-state index < -0.39 is 0 Å². The zero-order valence-electron chi connectivity index (χ0n) is 5.27. The van der Waals surface area contributed by atoms with Gasteiger partial charge >= 0.3 is 0 Å². The SMILES string of the molecule is C=C(/C=C/C)C(C)=O. The summed E-state index contributed by atoms with van der Waals surface area (Å²) in [5.74, 6) is 0.0306. The molecule has 0 amide bonds. The van der Waals surface area contributed by atoms with Crippen molar-refractivity contribution >= 4 is 5.78 Å². The van der Waals surface area contributed by atoms with Crippen LogP contribution in [0.5, 0.6) is 0 Å². The topological polar surface area (TPSA) is 17.1 Å². The summed E-state index contributed by atoms with van der Waals surface area (Å²) in [7, 11) is 0. The molecule has 0 aliphatic carbocycles. The molecule has 0 heterocycles. The molecule has 0 saturated heterocycles. The van der Waals surface area contributed by atoms with Crippen LogP contribution in [0.2, 0.25) is 0 Å². The normalized spacial score (nSPS) is 9.75. The summed E-state index contributed by atoms with van der Waals surface area (Å²) in [5, 5.41) is 0. The Morgan fingerprint density at radius 2 is 2.12 bits per heavy atom. The molecule has 0 saturated carbocycles. The van der Waals surface area contributed by atoms with Crippen molar-refractivity contribution in [2.45, 2.75) is 13.8 Å². The smallest absolute Gasteiger partial charge is 0.159 e. The van der Waals surface area contributed by atoms with Crippen LogP contribution in [0.3, 0.4) is 0 Å². The van der Waals surface area contributed by atoms with Gasteiger partial charge in [0.25, 0.3) is 0 Å². The van der Waals surface area contributed by atoms with Crippen molar-refractivity contribution in [3.8, 4) is 0 Å². The number of hydrogen-bond acceptors (Lipinski definition) is 1. The van der Waals surface area contributed by atoms with E-state index in [0.717, 1.165) is 0 Å².